The average molecular weight is 671 g/mol. The van der Waals surface area contributed by atoms with E-state index in [-0.39, 0.29) is 11.7 Å². The monoisotopic (exact) mass is 670 g/mol. The molecule has 1 aromatic carbocycles. The number of hydrogen-bond donors (Lipinski definition) is 2. The highest BCUT2D eigenvalue weighted by Gasteiger charge is 2.44. The summed E-state index contributed by atoms with van der Waals surface area (Å²) in [6.07, 6.45) is 12.0. The van der Waals surface area contributed by atoms with E-state index in [4.69, 9.17) is 4.74 Å². The largest absolute Gasteiger partial charge is 0.378 e. The van der Waals surface area contributed by atoms with Crippen LogP contribution in [0.15, 0.2) is 90.7 Å². The molecule has 2 fully saturated rings. The normalized spacial score (nSPS) is 21.0. The van der Waals surface area contributed by atoms with E-state index in [0.717, 1.165) is 66.3 Å². The molecule has 3 aromatic rings. The summed E-state index contributed by atoms with van der Waals surface area (Å²) in [5.41, 5.74) is 4.57. The van der Waals surface area contributed by atoms with Crippen molar-refractivity contribution >= 4 is 45.7 Å². The Morgan fingerprint density at radius 1 is 1.19 bits per heavy atom. The first-order chi connectivity index (χ1) is 23.3. The van der Waals surface area contributed by atoms with Crippen LogP contribution in [0.5, 0.6) is 0 Å². The van der Waals surface area contributed by atoms with E-state index in [9.17, 15) is 4.79 Å². The van der Waals surface area contributed by atoms with Crippen LogP contribution >= 0.6 is 11.8 Å². The first-order valence-corrected chi connectivity index (χ1v) is 17.5. The molecule has 0 aliphatic carbocycles. The lowest BCUT2D eigenvalue weighted by Gasteiger charge is -2.33. The molecule has 0 radical (unpaired) electrons. The molecule has 5 heterocycles. The van der Waals surface area contributed by atoms with Crippen LogP contribution in [0.4, 0.5) is 15.9 Å². The molecular weight excluding hydrogens is 628 g/mol. The molecule has 1 atom stereocenters. The van der Waals surface area contributed by atoms with Crippen LogP contribution in [0.3, 0.4) is 0 Å². The van der Waals surface area contributed by atoms with Gasteiger partial charge in [-0.25, -0.2) is 14.4 Å². The molecule has 48 heavy (non-hydrogen) atoms. The number of nitrogens with one attached hydrogen (secondary N) is 2. The van der Waals surface area contributed by atoms with Crippen molar-refractivity contribution < 1.29 is 13.9 Å². The van der Waals surface area contributed by atoms with Crippen molar-refractivity contribution in [3.63, 3.8) is 0 Å². The third kappa shape index (κ3) is 7.25. The summed E-state index contributed by atoms with van der Waals surface area (Å²) in [4.78, 5) is 29.0. The molecule has 2 N–H and O–H groups in total. The van der Waals surface area contributed by atoms with Gasteiger partial charge in [0.2, 0.25) is 5.91 Å². The number of ether oxygens (including phenoxy) is 1. The molecule has 0 spiro atoms. The minimum atomic E-state index is -0.564. The number of morpholine rings is 1. The summed E-state index contributed by atoms with van der Waals surface area (Å²) in [7, 11) is 0. The fraction of sp³-hybridized carbons (Fsp3) is 0.389. The number of carbonyl (C=O) groups is 1. The molecule has 1 amide bonds. The molecule has 3 aliphatic rings. The third-order valence-electron chi connectivity index (χ3n) is 9.38. The zero-order valence-electron chi connectivity index (χ0n) is 27.7. The molecule has 6 rings (SSSR count). The van der Waals surface area contributed by atoms with Crippen molar-refractivity contribution in [1.29, 1.82) is 0 Å². The molecule has 12 heteroatoms. The number of H-pyrrole nitrogens is 1. The Labute approximate surface area is 285 Å². The Kier molecular flexibility index (Phi) is 10.4. The van der Waals surface area contributed by atoms with Crippen LogP contribution in [0.2, 0.25) is 0 Å². The number of hydrogen-bond acceptors (Lipinski definition) is 9. The van der Waals surface area contributed by atoms with Gasteiger partial charge >= 0.3 is 0 Å². The first kappa shape index (κ1) is 33.6. The van der Waals surface area contributed by atoms with E-state index in [1.165, 1.54) is 6.08 Å². The number of nitrogens with zero attached hydrogens (tertiary/aromatic N) is 6. The average Bonchev–Trinajstić information content (AvgIpc) is 3.75. The van der Waals surface area contributed by atoms with Gasteiger partial charge in [0.1, 0.15) is 10.6 Å². The summed E-state index contributed by atoms with van der Waals surface area (Å²) in [6.45, 7) is 16.6. The molecule has 0 bridgehead atoms. The van der Waals surface area contributed by atoms with E-state index >= 15 is 4.39 Å². The number of rotatable bonds is 11. The highest BCUT2D eigenvalue weighted by molar-refractivity contribution is 8.00. The quantitative estimate of drug-likeness (QED) is 0.253. The fourth-order valence-corrected chi connectivity index (χ4v) is 7.31. The SMILES string of the molecule is C=C(C1=CCN(C(=C)CN2CCC(SC)(C(=O)Nc3ccc4[nH]nc(N5CCOCC5)c4c3)C2)CC1)/C(F)=C\C(=C/C)c1ncccn1. The van der Waals surface area contributed by atoms with Crippen molar-refractivity contribution in [2.75, 3.05) is 75.5 Å². The number of aromatic amines is 1. The van der Waals surface area contributed by atoms with E-state index in [1.807, 2.05) is 37.5 Å². The highest BCUT2D eigenvalue weighted by Crippen LogP contribution is 2.36. The Bertz CT molecular complexity index is 1760. The Morgan fingerprint density at radius 2 is 1.98 bits per heavy atom. The zero-order chi connectivity index (χ0) is 33.7. The fourth-order valence-electron chi connectivity index (χ4n) is 6.47. The maximum absolute atomic E-state index is 15.2. The first-order valence-electron chi connectivity index (χ1n) is 16.3. The number of halogens is 1. The smallest absolute Gasteiger partial charge is 0.241 e. The van der Waals surface area contributed by atoms with Gasteiger partial charge in [-0.3, -0.25) is 14.8 Å². The summed E-state index contributed by atoms with van der Waals surface area (Å²) in [5.74, 6) is 0.987. The van der Waals surface area contributed by atoms with Crippen molar-refractivity contribution in [2.45, 2.75) is 24.5 Å². The van der Waals surface area contributed by atoms with Gasteiger partial charge < -0.3 is 19.9 Å². The minimum absolute atomic E-state index is 0.0120. The van der Waals surface area contributed by atoms with Crippen LogP contribution in [-0.4, -0.2) is 106 Å². The van der Waals surface area contributed by atoms with Gasteiger partial charge in [-0.2, -0.15) is 5.10 Å². The molecule has 252 valence electrons. The maximum Gasteiger partial charge on any atom is 0.241 e. The Balaban J connectivity index is 1.04. The van der Waals surface area contributed by atoms with Gasteiger partial charge in [0.05, 0.1) is 18.7 Å². The highest BCUT2D eigenvalue weighted by atomic mass is 32.2. The summed E-state index contributed by atoms with van der Waals surface area (Å²) in [5, 5.41) is 11.9. The molecule has 2 saturated heterocycles. The lowest BCUT2D eigenvalue weighted by Crippen LogP contribution is -2.43. The topological polar surface area (TPSA) is 103 Å². The van der Waals surface area contributed by atoms with Crippen molar-refractivity contribution in [3.05, 3.63) is 96.5 Å². The Morgan fingerprint density at radius 3 is 2.69 bits per heavy atom. The number of allylic oxidation sites excluding steroid dienone is 5. The van der Waals surface area contributed by atoms with Crippen LogP contribution in [-0.2, 0) is 9.53 Å². The maximum atomic E-state index is 15.2. The van der Waals surface area contributed by atoms with E-state index in [0.29, 0.717) is 56.2 Å². The number of benzene rings is 1. The number of anilines is 2. The number of thioether (sulfide) groups is 1. The standard InChI is InChI=1S/C36H43FN8O2S/c1-5-27(33-38-12-6-13-39-33)21-31(37)26(3)28-9-14-44(15-10-28)25(2)23-43-16-11-36(24-43,48-4)35(46)40-29-7-8-32-30(22-29)34(42-41-32)45-17-19-47-20-18-45/h5-9,12-13,21-22H,2-3,10-11,14-20,23-24H2,1,4H3,(H,40,46)(H,41,42)/b27-5+,31-21+. The van der Waals surface area contributed by atoms with Crippen LogP contribution in [0, 0.1) is 0 Å². The van der Waals surface area contributed by atoms with E-state index < -0.39 is 4.75 Å². The van der Waals surface area contributed by atoms with Crippen molar-refractivity contribution in [1.82, 2.24) is 30.0 Å². The second-order valence-electron chi connectivity index (χ2n) is 12.3. The van der Waals surface area contributed by atoms with Gasteiger partial charge in [-0.1, -0.05) is 25.3 Å². The third-order valence-corrected chi connectivity index (χ3v) is 10.7. The van der Waals surface area contributed by atoms with Gasteiger partial charge in [0.25, 0.3) is 0 Å². The zero-order valence-corrected chi connectivity index (χ0v) is 28.5. The number of fused-ring (bicyclic) bond motifs is 1. The predicted molar refractivity (Wildman–Crippen MR) is 192 cm³/mol. The lowest BCUT2D eigenvalue weighted by molar-refractivity contribution is -0.118. The summed E-state index contributed by atoms with van der Waals surface area (Å²) < 4.78 is 20.2. The summed E-state index contributed by atoms with van der Waals surface area (Å²) in [6, 6.07) is 7.63. The molecule has 10 nitrogen and oxygen atoms in total. The number of amides is 1. The van der Waals surface area contributed by atoms with Crippen LogP contribution in [0.1, 0.15) is 25.6 Å². The van der Waals surface area contributed by atoms with Gasteiger partial charge in [-0.05, 0) is 61.9 Å². The van der Waals surface area contributed by atoms with Crippen LogP contribution in [0.25, 0.3) is 16.5 Å². The van der Waals surface area contributed by atoms with E-state index in [2.05, 4.69) is 53.3 Å². The molecule has 2 aromatic heterocycles. The van der Waals surface area contributed by atoms with Crippen molar-refractivity contribution in [2.24, 2.45) is 0 Å². The number of likely N-dealkylation sites (tertiary alicyclic amines) is 1. The van der Waals surface area contributed by atoms with Crippen molar-refractivity contribution in [3.8, 4) is 0 Å². The molecular formula is C36H43FN8O2S. The summed E-state index contributed by atoms with van der Waals surface area (Å²) >= 11 is 1.61. The van der Waals surface area contributed by atoms with Crippen LogP contribution < -0.4 is 10.2 Å². The van der Waals surface area contributed by atoms with Gasteiger partial charge in [-0.15, -0.1) is 11.8 Å². The molecule has 3 aliphatic heterocycles. The van der Waals surface area contributed by atoms with E-state index in [1.54, 1.807) is 36.3 Å². The minimum Gasteiger partial charge on any atom is -0.378 e. The van der Waals surface area contributed by atoms with Gasteiger partial charge in [0.15, 0.2) is 11.6 Å². The Hall–Kier alpha value is -4.26. The predicted octanol–water partition coefficient (Wildman–Crippen LogP) is 5.59. The lowest BCUT2D eigenvalue weighted by atomic mass is 9.98. The second-order valence-corrected chi connectivity index (χ2v) is 13.5. The second kappa shape index (κ2) is 14.9. The number of aromatic nitrogens is 4. The molecule has 1 unspecified atom stereocenters. The number of carbonyl (C=O) groups excluding carboxylic acids is 1. The molecule has 0 saturated carbocycles. The van der Waals surface area contributed by atoms with Gasteiger partial charge in [0, 0.05) is 86.1 Å².